The van der Waals surface area contributed by atoms with Crippen LogP contribution in [-0.4, -0.2) is 35.6 Å². The van der Waals surface area contributed by atoms with E-state index in [9.17, 15) is 4.39 Å². The first-order chi connectivity index (χ1) is 11.2. The van der Waals surface area contributed by atoms with E-state index < -0.39 is 0 Å². The van der Waals surface area contributed by atoms with Crippen LogP contribution in [0, 0.1) is 10.3 Å². The predicted molar refractivity (Wildman–Crippen MR) is 93.9 cm³/mol. The largest absolute Gasteiger partial charge is 0.344 e. The summed E-state index contributed by atoms with van der Waals surface area (Å²) in [7, 11) is 0. The minimum atomic E-state index is -0.135. The monoisotopic (exact) mass is 331 g/mol. The number of hydrogen-bond donors (Lipinski definition) is 1. The van der Waals surface area contributed by atoms with Gasteiger partial charge in [-0.05, 0) is 37.6 Å². The summed E-state index contributed by atoms with van der Waals surface area (Å²) in [5, 5.41) is 4.26. The molecule has 1 aromatic carbocycles. The Morgan fingerprint density at radius 1 is 1.35 bits per heavy atom. The SMILES string of the molecule is CCN1CCNCC1c1cc2c(cc1F)c(=S)ccn2C1CC1. The number of fused-ring (bicyclic) bond motifs is 1. The van der Waals surface area contributed by atoms with Gasteiger partial charge >= 0.3 is 0 Å². The summed E-state index contributed by atoms with van der Waals surface area (Å²) in [6, 6.07) is 6.26. The number of aromatic nitrogens is 1. The van der Waals surface area contributed by atoms with Crippen LogP contribution < -0.4 is 5.32 Å². The zero-order chi connectivity index (χ0) is 16.0. The molecule has 1 saturated carbocycles. The molecule has 122 valence electrons. The first-order valence-electron chi connectivity index (χ1n) is 8.48. The average molecular weight is 331 g/mol. The molecule has 1 aromatic heterocycles. The third-order valence-electron chi connectivity index (χ3n) is 5.10. The molecule has 1 aliphatic carbocycles. The summed E-state index contributed by atoms with van der Waals surface area (Å²) in [6.45, 7) is 5.81. The maximum Gasteiger partial charge on any atom is 0.128 e. The third kappa shape index (κ3) is 2.71. The van der Waals surface area contributed by atoms with Gasteiger partial charge in [0.2, 0.25) is 0 Å². The Kier molecular flexibility index (Phi) is 3.95. The number of likely N-dealkylation sites (N-methyl/N-ethyl adjacent to an activating group) is 1. The Morgan fingerprint density at radius 3 is 2.91 bits per heavy atom. The Labute approximate surface area is 141 Å². The molecule has 1 aliphatic heterocycles. The Hall–Kier alpha value is -1.30. The number of piperazine rings is 1. The van der Waals surface area contributed by atoms with Crippen LogP contribution in [0.2, 0.25) is 0 Å². The van der Waals surface area contributed by atoms with Crippen molar-refractivity contribution in [3.05, 3.63) is 40.3 Å². The lowest BCUT2D eigenvalue weighted by Crippen LogP contribution is -2.46. The van der Waals surface area contributed by atoms with Gasteiger partial charge in [0, 0.05) is 47.3 Å². The van der Waals surface area contributed by atoms with E-state index in [1.54, 1.807) is 6.07 Å². The molecule has 0 amide bonds. The quantitative estimate of drug-likeness (QED) is 0.864. The van der Waals surface area contributed by atoms with E-state index >= 15 is 0 Å². The number of nitrogens with zero attached hydrogens (tertiary/aromatic N) is 2. The minimum Gasteiger partial charge on any atom is -0.344 e. The van der Waals surface area contributed by atoms with E-state index in [1.165, 1.54) is 12.8 Å². The standard InChI is InChI=1S/C18H22FN3S/c1-2-21-8-6-20-11-17(21)13-10-16-14(9-15(13)19)18(23)5-7-22(16)12-3-4-12/h5,7,9-10,12,17,20H,2-4,6,8,11H2,1H3. The van der Waals surface area contributed by atoms with Crippen molar-refractivity contribution in [3.8, 4) is 0 Å². The zero-order valence-electron chi connectivity index (χ0n) is 13.4. The highest BCUT2D eigenvalue weighted by Gasteiger charge is 2.28. The molecule has 2 fully saturated rings. The molecule has 4 rings (SSSR count). The van der Waals surface area contributed by atoms with Crippen molar-refractivity contribution in [1.29, 1.82) is 0 Å². The molecule has 1 saturated heterocycles. The molecule has 0 radical (unpaired) electrons. The number of rotatable bonds is 3. The number of benzene rings is 1. The third-order valence-corrected chi connectivity index (χ3v) is 5.46. The van der Waals surface area contributed by atoms with Crippen LogP contribution in [0.25, 0.3) is 10.9 Å². The van der Waals surface area contributed by atoms with Gasteiger partial charge < -0.3 is 9.88 Å². The number of halogens is 1. The zero-order valence-corrected chi connectivity index (χ0v) is 14.2. The average Bonchev–Trinajstić information content (AvgIpc) is 3.40. The molecule has 1 unspecified atom stereocenters. The maximum atomic E-state index is 14.8. The summed E-state index contributed by atoms with van der Waals surface area (Å²) in [4.78, 5) is 2.35. The van der Waals surface area contributed by atoms with Crippen LogP contribution in [0.5, 0.6) is 0 Å². The van der Waals surface area contributed by atoms with Crippen molar-refractivity contribution in [2.24, 2.45) is 0 Å². The Balaban J connectivity index is 1.88. The fourth-order valence-corrected chi connectivity index (χ4v) is 3.89. The highest BCUT2D eigenvalue weighted by Crippen LogP contribution is 2.38. The van der Waals surface area contributed by atoms with Gasteiger partial charge in [-0.2, -0.15) is 0 Å². The molecule has 23 heavy (non-hydrogen) atoms. The summed E-state index contributed by atoms with van der Waals surface area (Å²) in [5.74, 6) is -0.135. The van der Waals surface area contributed by atoms with E-state index in [0.29, 0.717) is 6.04 Å². The normalized spacial score (nSPS) is 22.6. The lowest BCUT2D eigenvalue weighted by molar-refractivity contribution is 0.167. The Morgan fingerprint density at radius 2 is 2.17 bits per heavy atom. The van der Waals surface area contributed by atoms with Gasteiger partial charge in [0.25, 0.3) is 0 Å². The fraction of sp³-hybridized carbons (Fsp3) is 0.500. The molecule has 0 bridgehead atoms. The van der Waals surface area contributed by atoms with E-state index in [1.807, 2.05) is 12.1 Å². The van der Waals surface area contributed by atoms with E-state index in [4.69, 9.17) is 12.2 Å². The molecule has 3 nitrogen and oxygen atoms in total. The highest BCUT2D eigenvalue weighted by atomic mass is 32.1. The van der Waals surface area contributed by atoms with Crippen LogP contribution in [0.1, 0.15) is 37.4 Å². The van der Waals surface area contributed by atoms with Crippen LogP contribution in [-0.2, 0) is 0 Å². The van der Waals surface area contributed by atoms with Crippen molar-refractivity contribution in [2.75, 3.05) is 26.2 Å². The Bertz CT molecular complexity index is 797. The molecular weight excluding hydrogens is 309 g/mol. The topological polar surface area (TPSA) is 20.2 Å². The van der Waals surface area contributed by atoms with Crippen molar-refractivity contribution in [2.45, 2.75) is 31.8 Å². The summed E-state index contributed by atoms with van der Waals surface area (Å²) >= 11 is 5.42. The molecule has 1 N–H and O–H groups in total. The van der Waals surface area contributed by atoms with Gasteiger partial charge in [-0.1, -0.05) is 19.1 Å². The second-order valence-corrected chi connectivity index (χ2v) is 7.00. The van der Waals surface area contributed by atoms with Gasteiger partial charge in [-0.25, -0.2) is 4.39 Å². The van der Waals surface area contributed by atoms with Crippen LogP contribution >= 0.6 is 12.2 Å². The van der Waals surface area contributed by atoms with Crippen LogP contribution in [0.3, 0.4) is 0 Å². The van der Waals surface area contributed by atoms with Crippen molar-refractivity contribution < 1.29 is 4.39 Å². The second kappa shape index (κ2) is 5.96. The predicted octanol–water partition coefficient (Wildman–Crippen LogP) is 3.81. The lowest BCUT2D eigenvalue weighted by atomic mass is 10.00. The smallest absolute Gasteiger partial charge is 0.128 e. The van der Waals surface area contributed by atoms with E-state index in [0.717, 1.165) is 47.2 Å². The summed E-state index contributed by atoms with van der Waals surface area (Å²) in [6.07, 6.45) is 4.48. The number of hydrogen-bond acceptors (Lipinski definition) is 3. The van der Waals surface area contributed by atoms with E-state index in [2.05, 4.69) is 27.9 Å². The maximum absolute atomic E-state index is 14.8. The van der Waals surface area contributed by atoms with Gasteiger partial charge in [0.1, 0.15) is 5.82 Å². The number of nitrogens with one attached hydrogen (secondary N) is 1. The molecule has 5 heteroatoms. The molecule has 1 atom stereocenters. The molecule has 2 heterocycles. The summed E-state index contributed by atoms with van der Waals surface area (Å²) in [5.41, 5.74) is 1.87. The number of pyridine rings is 1. The van der Waals surface area contributed by atoms with Gasteiger partial charge in [-0.3, -0.25) is 4.90 Å². The van der Waals surface area contributed by atoms with Gasteiger partial charge in [-0.15, -0.1) is 0 Å². The summed E-state index contributed by atoms with van der Waals surface area (Å²) < 4.78 is 17.8. The first-order valence-corrected chi connectivity index (χ1v) is 8.89. The van der Waals surface area contributed by atoms with Crippen LogP contribution in [0.4, 0.5) is 4.39 Å². The molecule has 0 spiro atoms. The fourth-order valence-electron chi connectivity index (χ4n) is 3.67. The molecule has 2 aliphatic rings. The highest BCUT2D eigenvalue weighted by molar-refractivity contribution is 7.71. The van der Waals surface area contributed by atoms with Crippen LogP contribution in [0.15, 0.2) is 24.4 Å². The molecular formula is C18H22FN3S. The minimum absolute atomic E-state index is 0.0968. The van der Waals surface area contributed by atoms with Crippen molar-refractivity contribution in [3.63, 3.8) is 0 Å². The first kappa shape index (κ1) is 15.2. The lowest BCUT2D eigenvalue weighted by Gasteiger charge is -2.36. The molecule has 2 aromatic rings. The van der Waals surface area contributed by atoms with Crippen molar-refractivity contribution in [1.82, 2.24) is 14.8 Å². The second-order valence-electron chi connectivity index (χ2n) is 6.56. The van der Waals surface area contributed by atoms with Crippen molar-refractivity contribution >= 4 is 23.1 Å². The van der Waals surface area contributed by atoms with E-state index in [-0.39, 0.29) is 11.9 Å². The van der Waals surface area contributed by atoms with Gasteiger partial charge in [0.05, 0.1) is 11.6 Å². The van der Waals surface area contributed by atoms with Gasteiger partial charge in [0.15, 0.2) is 0 Å².